The zero-order chi connectivity index (χ0) is 23.5. The number of aryl methyl sites for hydroxylation is 1. The Bertz CT molecular complexity index is 1170. The highest BCUT2D eigenvalue weighted by atomic mass is 16.5. The number of hydrogen-bond acceptors (Lipinski definition) is 6. The van der Waals surface area contributed by atoms with E-state index in [4.69, 9.17) is 4.74 Å². The first kappa shape index (κ1) is 22.0. The Kier molecular flexibility index (Phi) is 6.22. The van der Waals surface area contributed by atoms with Gasteiger partial charge in [0.1, 0.15) is 0 Å². The van der Waals surface area contributed by atoms with E-state index in [1.165, 1.54) is 0 Å². The van der Waals surface area contributed by atoms with Crippen molar-refractivity contribution in [3.05, 3.63) is 66.2 Å². The van der Waals surface area contributed by atoms with Gasteiger partial charge in [-0.2, -0.15) is 0 Å². The maximum absolute atomic E-state index is 12.9. The number of carbonyl (C=O) groups excluding carboxylic acids is 2. The van der Waals surface area contributed by atoms with Crippen molar-refractivity contribution in [1.82, 2.24) is 10.2 Å². The lowest BCUT2D eigenvalue weighted by Crippen LogP contribution is -2.36. The van der Waals surface area contributed by atoms with Crippen molar-refractivity contribution in [2.45, 2.75) is 13.3 Å². The van der Waals surface area contributed by atoms with Crippen molar-refractivity contribution < 1.29 is 14.3 Å². The molecule has 3 heterocycles. The number of benzene rings is 2. The monoisotopic (exact) mass is 457 g/mol. The van der Waals surface area contributed by atoms with Gasteiger partial charge in [-0.25, -0.2) is 0 Å². The smallest absolute Gasteiger partial charge is 0.229 e. The number of nitrogens with zero attached hydrogens (tertiary/aromatic N) is 4. The fourth-order valence-corrected chi connectivity index (χ4v) is 4.30. The summed E-state index contributed by atoms with van der Waals surface area (Å²) >= 11 is 0. The molecule has 2 aliphatic rings. The van der Waals surface area contributed by atoms with Crippen LogP contribution in [0.1, 0.15) is 12.0 Å². The van der Waals surface area contributed by atoms with Crippen LogP contribution in [0.4, 0.5) is 17.2 Å². The van der Waals surface area contributed by atoms with Crippen molar-refractivity contribution >= 4 is 29.0 Å². The van der Waals surface area contributed by atoms with Crippen LogP contribution in [0.2, 0.25) is 0 Å². The van der Waals surface area contributed by atoms with Gasteiger partial charge in [-0.1, -0.05) is 29.8 Å². The van der Waals surface area contributed by atoms with Crippen molar-refractivity contribution in [3.63, 3.8) is 0 Å². The molecule has 0 radical (unpaired) electrons. The first-order valence-electron chi connectivity index (χ1n) is 11.5. The summed E-state index contributed by atoms with van der Waals surface area (Å²) in [5.41, 5.74) is 4.22. The van der Waals surface area contributed by atoms with Gasteiger partial charge in [-0.3, -0.25) is 9.59 Å². The maximum Gasteiger partial charge on any atom is 0.229 e. The summed E-state index contributed by atoms with van der Waals surface area (Å²) in [6, 6.07) is 19.2. The van der Waals surface area contributed by atoms with Gasteiger partial charge in [0.15, 0.2) is 5.82 Å². The second-order valence-corrected chi connectivity index (χ2v) is 8.69. The summed E-state index contributed by atoms with van der Waals surface area (Å²) in [5, 5.41) is 11.7. The zero-order valence-electron chi connectivity index (χ0n) is 19.1. The SMILES string of the molecule is Cc1ccc(N2CC(C(=O)Nc3cccc(-c4ccc(N5CCOCC5)nn4)c3)CC2=O)cc1. The van der Waals surface area contributed by atoms with E-state index in [1.807, 2.05) is 67.6 Å². The van der Waals surface area contributed by atoms with E-state index >= 15 is 0 Å². The van der Waals surface area contributed by atoms with Crippen LogP contribution >= 0.6 is 0 Å². The number of nitrogens with one attached hydrogen (secondary N) is 1. The van der Waals surface area contributed by atoms with Crippen LogP contribution in [0, 0.1) is 12.8 Å². The average Bonchev–Trinajstić information content (AvgIpc) is 3.27. The maximum atomic E-state index is 12.9. The van der Waals surface area contributed by atoms with Crippen molar-refractivity contribution in [2.75, 3.05) is 48.0 Å². The van der Waals surface area contributed by atoms with Crippen molar-refractivity contribution in [3.8, 4) is 11.3 Å². The Morgan fingerprint density at radius 2 is 1.82 bits per heavy atom. The van der Waals surface area contributed by atoms with Crippen LogP contribution in [0.5, 0.6) is 0 Å². The number of amides is 2. The average molecular weight is 458 g/mol. The van der Waals surface area contributed by atoms with Gasteiger partial charge in [-0.05, 0) is 43.3 Å². The Morgan fingerprint density at radius 1 is 1.03 bits per heavy atom. The van der Waals surface area contributed by atoms with Gasteiger partial charge in [0.05, 0.1) is 24.8 Å². The van der Waals surface area contributed by atoms with Crippen molar-refractivity contribution in [2.24, 2.45) is 5.92 Å². The quantitative estimate of drug-likeness (QED) is 0.633. The molecule has 2 aromatic carbocycles. The van der Waals surface area contributed by atoms with Gasteiger partial charge < -0.3 is 19.9 Å². The van der Waals surface area contributed by atoms with Gasteiger partial charge >= 0.3 is 0 Å². The van der Waals surface area contributed by atoms with Gasteiger partial charge in [-0.15, -0.1) is 10.2 Å². The van der Waals surface area contributed by atoms with Crippen LogP contribution in [0.3, 0.4) is 0 Å². The van der Waals surface area contributed by atoms with E-state index in [9.17, 15) is 9.59 Å². The summed E-state index contributed by atoms with van der Waals surface area (Å²) in [6.07, 6.45) is 0.202. The molecule has 0 aliphatic carbocycles. The van der Waals surface area contributed by atoms with E-state index < -0.39 is 5.92 Å². The Labute approximate surface area is 198 Å². The molecule has 2 fully saturated rings. The third-order valence-electron chi connectivity index (χ3n) is 6.25. The number of ether oxygens (including phenoxy) is 1. The number of hydrogen-bond donors (Lipinski definition) is 1. The summed E-state index contributed by atoms with van der Waals surface area (Å²) in [4.78, 5) is 29.3. The molecule has 34 heavy (non-hydrogen) atoms. The molecule has 0 bridgehead atoms. The predicted molar refractivity (Wildman–Crippen MR) is 131 cm³/mol. The molecule has 1 aromatic heterocycles. The number of aromatic nitrogens is 2. The molecule has 1 unspecified atom stereocenters. The Balaban J connectivity index is 1.24. The molecule has 2 amide bonds. The largest absolute Gasteiger partial charge is 0.378 e. The zero-order valence-corrected chi connectivity index (χ0v) is 19.1. The molecule has 1 N–H and O–H groups in total. The minimum absolute atomic E-state index is 0.0339. The molecule has 174 valence electrons. The highest BCUT2D eigenvalue weighted by Gasteiger charge is 2.35. The van der Waals surface area contributed by atoms with Crippen LogP contribution in [-0.4, -0.2) is 54.9 Å². The van der Waals surface area contributed by atoms with E-state index in [0.717, 1.165) is 41.4 Å². The van der Waals surface area contributed by atoms with Crippen LogP contribution < -0.4 is 15.1 Å². The molecule has 8 nitrogen and oxygen atoms in total. The fraction of sp³-hybridized carbons (Fsp3) is 0.308. The summed E-state index contributed by atoms with van der Waals surface area (Å²) in [7, 11) is 0. The normalized spacial score (nSPS) is 18.3. The number of rotatable bonds is 5. The number of morpholine rings is 1. The second kappa shape index (κ2) is 9.61. The highest BCUT2D eigenvalue weighted by Crippen LogP contribution is 2.27. The number of anilines is 3. The van der Waals surface area contributed by atoms with Crippen LogP contribution in [-0.2, 0) is 14.3 Å². The standard InChI is InChI=1S/C26H27N5O3/c1-18-5-7-22(8-6-18)31-17-20(16-25(31)32)26(33)27-21-4-2-3-19(15-21)23-9-10-24(29-28-23)30-11-13-34-14-12-30/h2-10,15,20H,11-14,16-17H2,1H3,(H,27,33). The Morgan fingerprint density at radius 3 is 2.56 bits per heavy atom. The first-order valence-corrected chi connectivity index (χ1v) is 11.5. The fourth-order valence-electron chi connectivity index (χ4n) is 4.30. The lowest BCUT2D eigenvalue weighted by atomic mass is 10.1. The second-order valence-electron chi connectivity index (χ2n) is 8.69. The first-order chi connectivity index (χ1) is 16.6. The molecular formula is C26H27N5O3. The summed E-state index contributed by atoms with van der Waals surface area (Å²) < 4.78 is 5.39. The third-order valence-corrected chi connectivity index (χ3v) is 6.25. The lowest BCUT2D eigenvalue weighted by Gasteiger charge is -2.27. The van der Waals surface area contributed by atoms with Gasteiger partial charge in [0.25, 0.3) is 0 Å². The molecule has 2 saturated heterocycles. The molecule has 5 rings (SSSR count). The molecular weight excluding hydrogens is 430 g/mol. The minimum atomic E-state index is -0.398. The molecule has 3 aromatic rings. The van der Waals surface area contributed by atoms with Gasteiger partial charge in [0, 0.05) is 43.0 Å². The molecule has 1 atom stereocenters. The van der Waals surface area contributed by atoms with E-state index in [1.54, 1.807) is 4.90 Å². The summed E-state index contributed by atoms with van der Waals surface area (Å²) in [6.45, 7) is 5.38. The minimum Gasteiger partial charge on any atom is -0.378 e. The molecule has 8 heteroatoms. The van der Waals surface area contributed by atoms with E-state index in [2.05, 4.69) is 20.4 Å². The van der Waals surface area contributed by atoms with E-state index in [0.29, 0.717) is 25.4 Å². The number of carbonyl (C=O) groups is 2. The topological polar surface area (TPSA) is 87.7 Å². The Hall–Kier alpha value is -3.78. The van der Waals surface area contributed by atoms with Gasteiger partial charge in [0.2, 0.25) is 11.8 Å². The van der Waals surface area contributed by atoms with Crippen LogP contribution in [0.25, 0.3) is 11.3 Å². The van der Waals surface area contributed by atoms with Crippen LogP contribution in [0.15, 0.2) is 60.7 Å². The van der Waals surface area contributed by atoms with E-state index in [-0.39, 0.29) is 18.2 Å². The van der Waals surface area contributed by atoms with Crippen molar-refractivity contribution in [1.29, 1.82) is 0 Å². The third kappa shape index (κ3) is 4.77. The predicted octanol–water partition coefficient (Wildman–Crippen LogP) is 3.28. The highest BCUT2D eigenvalue weighted by molar-refractivity contribution is 6.03. The molecule has 0 saturated carbocycles. The lowest BCUT2D eigenvalue weighted by molar-refractivity contribution is -0.122. The molecule has 2 aliphatic heterocycles. The summed E-state index contributed by atoms with van der Waals surface area (Å²) in [5.74, 6) is 0.243. The molecule has 0 spiro atoms.